The van der Waals surface area contributed by atoms with Crippen LogP contribution in [0.15, 0.2) is 41.4 Å². The van der Waals surface area contributed by atoms with Gasteiger partial charge in [-0.1, -0.05) is 18.2 Å². The van der Waals surface area contributed by atoms with Gasteiger partial charge in [0, 0.05) is 30.9 Å². The highest BCUT2D eigenvalue weighted by molar-refractivity contribution is 7.89. The van der Waals surface area contributed by atoms with Crippen LogP contribution in [0.4, 0.5) is 0 Å². The van der Waals surface area contributed by atoms with E-state index in [2.05, 4.69) is 21.2 Å². The smallest absolute Gasteiger partial charge is 0.240 e. The zero-order valence-corrected chi connectivity index (χ0v) is 13.5. The summed E-state index contributed by atoms with van der Waals surface area (Å²) in [6.07, 6.45) is 6.14. The molecule has 0 radical (unpaired) electrons. The summed E-state index contributed by atoms with van der Waals surface area (Å²) in [4.78, 5) is 4.74. The number of rotatable bonds is 6. The SMILES string of the molecule is Cc1cnc(CCNS(=O)(=O)c2ccccc2)n1C1CCC1. The van der Waals surface area contributed by atoms with Crippen LogP contribution in [0.1, 0.15) is 36.8 Å². The van der Waals surface area contributed by atoms with Gasteiger partial charge in [-0.15, -0.1) is 0 Å². The van der Waals surface area contributed by atoms with Gasteiger partial charge in [-0.05, 0) is 38.3 Å². The molecule has 6 heteroatoms. The summed E-state index contributed by atoms with van der Waals surface area (Å²) in [5, 5.41) is 0. The zero-order valence-electron chi connectivity index (χ0n) is 12.7. The summed E-state index contributed by atoms with van der Waals surface area (Å²) in [5.41, 5.74) is 1.16. The van der Waals surface area contributed by atoms with Crippen molar-refractivity contribution in [1.82, 2.24) is 14.3 Å². The van der Waals surface area contributed by atoms with E-state index in [1.165, 1.54) is 19.3 Å². The molecule has 1 aliphatic rings. The number of sulfonamides is 1. The van der Waals surface area contributed by atoms with E-state index in [1.807, 2.05) is 6.20 Å². The third-order valence-corrected chi connectivity index (χ3v) is 5.67. The lowest BCUT2D eigenvalue weighted by Crippen LogP contribution is -2.28. The number of nitrogens with zero attached hydrogens (tertiary/aromatic N) is 2. The highest BCUT2D eigenvalue weighted by atomic mass is 32.2. The van der Waals surface area contributed by atoms with Crippen LogP contribution in [-0.2, 0) is 16.4 Å². The largest absolute Gasteiger partial charge is 0.329 e. The van der Waals surface area contributed by atoms with E-state index in [-0.39, 0.29) is 0 Å². The van der Waals surface area contributed by atoms with Gasteiger partial charge in [0.15, 0.2) is 0 Å². The molecule has 0 bridgehead atoms. The van der Waals surface area contributed by atoms with Crippen molar-refractivity contribution >= 4 is 10.0 Å². The Morgan fingerprint density at radius 2 is 2.00 bits per heavy atom. The molecule has 2 aromatic rings. The number of hydrogen-bond donors (Lipinski definition) is 1. The van der Waals surface area contributed by atoms with Gasteiger partial charge in [0.1, 0.15) is 5.82 Å². The number of aromatic nitrogens is 2. The molecule has 1 aromatic carbocycles. The fraction of sp³-hybridized carbons (Fsp3) is 0.438. The van der Waals surface area contributed by atoms with E-state index in [4.69, 9.17) is 0 Å². The van der Waals surface area contributed by atoms with Crippen molar-refractivity contribution in [2.45, 2.75) is 43.5 Å². The fourth-order valence-corrected chi connectivity index (χ4v) is 3.86. The van der Waals surface area contributed by atoms with Gasteiger partial charge in [0.2, 0.25) is 10.0 Å². The number of benzene rings is 1. The van der Waals surface area contributed by atoms with E-state index >= 15 is 0 Å². The van der Waals surface area contributed by atoms with Crippen molar-refractivity contribution in [1.29, 1.82) is 0 Å². The van der Waals surface area contributed by atoms with Crippen LogP contribution < -0.4 is 4.72 Å². The van der Waals surface area contributed by atoms with Crippen molar-refractivity contribution < 1.29 is 8.42 Å². The second kappa shape index (κ2) is 6.22. The number of imidazole rings is 1. The predicted octanol–water partition coefficient (Wildman–Crippen LogP) is 2.44. The second-order valence-corrected chi connectivity index (χ2v) is 7.50. The lowest BCUT2D eigenvalue weighted by atomic mass is 9.92. The number of nitrogens with one attached hydrogen (secondary N) is 1. The first-order valence-corrected chi connectivity index (χ1v) is 9.13. The Morgan fingerprint density at radius 3 is 2.64 bits per heavy atom. The molecule has 0 aliphatic heterocycles. The van der Waals surface area contributed by atoms with Crippen LogP contribution in [-0.4, -0.2) is 24.5 Å². The third kappa shape index (κ3) is 3.08. The van der Waals surface area contributed by atoms with E-state index in [1.54, 1.807) is 30.3 Å². The summed E-state index contributed by atoms with van der Waals surface area (Å²) < 4.78 is 29.3. The van der Waals surface area contributed by atoms with Gasteiger partial charge in [-0.2, -0.15) is 0 Å². The maximum atomic E-state index is 12.2. The van der Waals surface area contributed by atoms with Crippen LogP contribution in [0.2, 0.25) is 0 Å². The molecule has 1 N–H and O–H groups in total. The van der Waals surface area contributed by atoms with Crippen molar-refractivity contribution in [3.8, 4) is 0 Å². The molecule has 118 valence electrons. The summed E-state index contributed by atoms with van der Waals surface area (Å²) in [6.45, 7) is 2.42. The average molecular weight is 319 g/mol. The van der Waals surface area contributed by atoms with Crippen molar-refractivity contribution in [2.75, 3.05) is 6.54 Å². The Bertz CT molecular complexity index is 734. The normalized spacial score (nSPS) is 15.7. The Morgan fingerprint density at radius 1 is 1.27 bits per heavy atom. The quantitative estimate of drug-likeness (QED) is 0.889. The first-order chi connectivity index (χ1) is 10.6. The first-order valence-electron chi connectivity index (χ1n) is 7.65. The lowest BCUT2D eigenvalue weighted by molar-refractivity contribution is 0.302. The molecule has 1 saturated carbocycles. The molecule has 1 fully saturated rings. The third-order valence-electron chi connectivity index (χ3n) is 4.19. The highest BCUT2D eigenvalue weighted by Crippen LogP contribution is 2.33. The summed E-state index contributed by atoms with van der Waals surface area (Å²) in [6, 6.07) is 8.99. The molecule has 0 atom stereocenters. The maximum Gasteiger partial charge on any atom is 0.240 e. The number of hydrogen-bond acceptors (Lipinski definition) is 3. The second-order valence-electron chi connectivity index (χ2n) is 5.73. The summed E-state index contributed by atoms with van der Waals surface area (Å²) in [7, 11) is -3.44. The van der Waals surface area contributed by atoms with E-state index < -0.39 is 10.0 Å². The standard InChI is InChI=1S/C16H21N3O2S/c1-13-12-17-16(19(13)14-6-5-7-14)10-11-18-22(20,21)15-8-3-2-4-9-15/h2-4,8-9,12,14,18H,5-7,10-11H2,1H3. The molecule has 0 unspecified atom stereocenters. The number of aryl methyl sites for hydroxylation is 1. The Balaban J connectivity index is 1.64. The van der Waals surface area contributed by atoms with E-state index in [0.29, 0.717) is 23.9 Å². The van der Waals surface area contributed by atoms with Crippen molar-refractivity contribution in [3.63, 3.8) is 0 Å². The highest BCUT2D eigenvalue weighted by Gasteiger charge is 2.23. The van der Waals surface area contributed by atoms with Gasteiger partial charge in [-0.3, -0.25) is 0 Å². The molecule has 22 heavy (non-hydrogen) atoms. The topological polar surface area (TPSA) is 64.0 Å². The average Bonchev–Trinajstić information content (AvgIpc) is 2.80. The van der Waals surface area contributed by atoms with Crippen LogP contribution >= 0.6 is 0 Å². The van der Waals surface area contributed by atoms with Crippen LogP contribution in [0, 0.1) is 6.92 Å². The minimum absolute atomic E-state index is 0.300. The molecule has 0 saturated heterocycles. The van der Waals surface area contributed by atoms with Crippen LogP contribution in [0.25, 0.3) is 0 Å². The molecule has 0 spiro atoms. The molecule has 1 heterocycles. The van der Waals surface area contributed by atoms with Gasteiger partial charge in [-0.25, -0.2) is 18.1 Å². The molecular formula is C16H21N3O2S. The monoisotopic (exact) mass is 319 g/mol. The van der Waals surface area contributed by atoms with Crippen molar-refractivity contribution in [2.24, 2.45) is 0 Å². The molecule has 0 amide bonds. The van der Waals surface area contributed by atoms with Crippen molar-refractivity contribution in [3.05, 3.63) is 48.0 Å². The Kier molecular flexibility index (Phi) is 4.31. The fourth-order valence-electron chi connectivity index (χ4n) is 2.80. The zero-order chi connectivity index (χ0) is 15.6. The molecule has 5 nitrogen and oxygen atoms in total. The Hall–Kier alpha value is -1.66. The predicted molar refractivity (Wildman–Crippen MR) is 85.2 cm³/mol. The maximum absolute atomic E-state index is 12.2. The summed E-state index contributed by atoms with van der Waals surface area (Å²) in [5.74, 6) is 0.970. The summed E-state index contributed by atoms with van der Waals surface area (Å²) >= 11 is 0. The molecular weight excluding hydrogens is 298 g/mol. The van der Waals surface area contributed by atoms with Gasteiger partial charge >= 0.3 is 0 Å². The first kappa shape index (κ1) is 15.2. The minimum Gasteiger partial charge on any atom is -0.329 e. The van der Waals surface area contributed by atoms with Crippen LogP contribution in [0.3, 0.4) is 0 Å². The lowest BCUT2D eigenvalue weighted by Gasteiger charge is -2.29. The van der Waals surface area contributed by atoms with Gasteiger partial charge in [0.05, 0.1) is 4.90 Å². The Labute approximate surface area is 131 Å². The van der Waals surface area contributed by atoms with Crippen LogP contribution in [0.5, 0.6) is 0 Å². The van der Waals surface area contributed by atoms with Gasteiger partial charge < -0.3 is 4.57 Å². The van der Waals surface area contributed by atoms with E-state index in [9.17, 15) is 8.42 Å². The van der Waals surface area contributed by atoms with Gasteiger partial charge in [0.25, 0.3) is 0 Å². The molecule has 1 aliphatic carbocycles. The minimum atomic E-state index is -3.44. The molecule has 3 rings (SSSR count). The van der Waals surface area contributed by atoms with E-state index in [0.717, 1.165) is 11.5 Å². The molecule has 1 aromatic heterocycles.